The van der Waals surface area contributed by atoms with Crippen molar-refractivity contribution in [1.82, 2.24) is 0 Å². The zero-order chi connectivity index (χ0) is 19.4. The summed E-state index contributed by atoms with van der Waals surface area (Å²) in [6.45, 7) is 3.95. The van der Waals surface area contributed by atoms with E-state index in [2.05, 4.69) is 0 Å². The zero-order valence-electron chi connectivity index (χ0n) is 16.0. The molecule has 3 nitrogen and oxygen atoms in total. The summed E-state index contributed by atoms with van der Waals surface area (Å²) >= 11 is 1.57. The number of carbonyl (C=O) groups is 1. The van der Waals surface area contributed by atoms with Crippen LogP contribution >= 0.6 is 11.8 Å². The van der Waals surface area contributed by atoms with Crippen LogP contribution in [0.2, 0.25) is 0 Å². The van der Waals surface area contributed by atoms with Gasteiger partial charge in [-0.1, -0.05) is 19.9 Å². The molecule has 3 rings (SSSR count). The molecule has 0 aliphatic heterocycles. The lowest BCUT2D eigenvalue weighted by Crippen LogP contribution is -2.10. The number of thioether (sulfide) groups is 1. The van der Waals surface area contributed by atoms with Crippen LogP contribution in [0.1, 0.15) is 55.7 Å². The highest BCUT2D eigenvalue weighted by Gasteiger charge is 2.28. The van der Waals surface area contributed by atoms with E-state index < -0.39 is 0 Å². The fourth-order valence-electron chi connectivity index (χ4n) is 3.05. The second-order valence-corrected chi connectivity index (χ2v) is 7.51. The molecule has 0 atom stereocenters. The molecule has 0 heterocycles. The van der Waals surface area contributed by atoms with Crippen LogP contribution in [0.15, 0.2) is 35.2 Å². The zero-order valence-corrected chi connectivity index (χ0v) is 16.8. The highest BCUT2D eigenvalue weighted by atomic mass is 32.2. The summed E-state index contributed by atoms with van der Waals surface area (Å²) in [5, 5.41) is 0. The molecule has 0 spiro atoms. The van der Waals surface area contributed by atoms with Gasteiger partial charge in [0.05, 0.1) is 0 Å². The van der Waals surface area contributed by atoms with E-state index in [-0.39, 0.29) is 18.4 Å². The van der Waals surface area contributed by atoms with E-state index in [0.717, 1.165) is 34.4 Å². The average molecular weight is 389 g/mol. The van der Waals surface area contributed by atoms with Crippen LogP contribution in [-0.4, -0.2) is 12.2 Å². The van der Waals surface area contributed by atoms with E-state index in [1.807, 2.05) is 31.4 Å². The lowest BCUT2D eigenvalue weighted by atomic mass is 10.0. The minimum Gasteiger partial charge on any atom is -0.488 e. The summed E-state index contributed by atoms with van der Waals surface area (Å²) in [5.74, 6) is 1.04. The standard InChI is InChI=1S/C22H25FO3S/c1-4-14-11-16(15-9-10-15)20(12-18(14)23)25-13-17-19(26-22(24)5-2)7-6-8-21(17)27-3/h6-8,11-12,15H,4-5,9-10,13H2,1-3H3. The molecule has 0 amide bonds. The Morgan fingerprint density at radius 3 is 2.63 bits per heavy atom. The summed E-state index contributed by atoms with van der Waals surface area (Å²) in [4.78, 5) is 12.7. The summed E-state index contributed by atoms with van der Waals surface area (Å²) < 4.78 is 25.9. The Hall–Kier alpha value is -2.01. The molecular formula is C22H25FO3S. The third-order valence-electron chi connectivity index (χ3n) is 4.77. The first-order valence-corrected chi connectivity index (χ1v) is 10.6. The lowest BCUT2D eigenvalue weighted by molar-refractivity contribution is -0.134. The Morgan fingerprint density at radius 1 is 1.22 bits per heavy atom. The van der Waals surface area contributed by atoms with Gasteiger partial charge < -0.3 is 9.47 Å². The molecule has 1 saturated carbocycles. The smallest absolute Gasteiger partial charge is 0.310 e. The first-order chi connectivity index (χ1) is 13.1. The molecule has 0 saturated heterocycles. The summed E-state index contributed by atoms with van der Waals surface area (Å²) in [7, 11) is 0. The molecular weight excluding hydrogens is 363 g/mol. The predicted octanol–water partition coefficient (Wildman–Crippen LogP) is 5.88. The van der Waals surface area contributed by atoms with Crippen molar-refractivity contribution in [3.63, 3.8) is 0 Å². The van der Waals surface area contributed by atoms with Crippen LogP contribution in [-0.2, 0) is 17.8 Å². The molecule has 27 heavy (non-hydrogen) atoms. The number of rotatable bonds is 8. The maximum Gasteiger partial charge on any atom is 0.310 e. The third kappa shape index (κ3) is 4.64. The molecule has 0 bridgehead atoms. The monoisotopic (exact) mass is 388 g/mol. The fraction of sp³-hybridized carbons (Fsp3) is 0.409. The van der Waals surface area contributed by atoms with Crippen molar-refractivity contribution in [1.29, 1.82) is 0 Å². The molecule has 1 fully saturated rings. The van der Waals surface area contributed by atoms with Crippen LogP contribution in [0.4, 0.5) is 4.39 Å². The molecule has 0 unspecified atom stereocenters. The predicted molar refractivity (Wildman–Crippen MR) is 106 cm³/mol. The van der Waals surface area contributed by atoms with E-state index in [0.29, 0.717) is 30.3 Å². The number of halogens is 1. The highest BCUT2D eigenvalue weighted by molar-refractivity contribution is 7.98. The van der Waals surface area contributed by atoms with Crippen LogP contribution < -0.4 is 9.47 Å². The SMILES string of the molecule is CCC(=O)Oc1cccc(SC)c1COc1cc(F)c(CC)cc1C1CC1. The molecule has 0 radical (unpaired) electrons. The average Bonchev–Trinajstić information content (AvgIpc) is 3.51. The Morgan fingerprint density at radius 2 is 2.00 bits per heavy atom. The molecule has 0 N–H and O–H groups in total. The van der Waals surface area contributed by atoms with Crippen molar-refractivity contribution >= 4 is 17.7 Å². The molecule has 144 valence electrons. The van der Waals surface area contributed by atoms with Crippen LogP contribution in [0.25, 0.3) is 0 Å². The maximum absolute atomic E-state index is 14.3. The number of hydrogen-bond donors (Lipinski definition) is 0. The summed E-state index contributed by atoms with van der Waals surface area (Å²) in [6, 6.07) is 9.05. The van der Waals surface area contributed by atoms with E-state index in [1.54, 1.807) is 24.8 Å². The molecule has 1 aliphatic carbocycles. The highest BCUT2D eigenvalue weighted by Crippen LogP contribution is 2.45. The van der Waals surface area contributed by atoms with Crippen LogP contribution in [0.3, 0.4) is 0 Å². The van der Waals surface area contributed by atoms with Gasteiger partial charge >= 0.3 is 5.97 Å². The Labute approximate surface area is 164 Å². The maximum atomic E-state index is 14.3. The van der Waals surface area contributed by atoms with Gasteiger partial charge in [-0.25, -0.2) is 4.39 Å². The van der Waals surface area contributed by atoms with Crippen molar-refractivity contribution in [2.75, 3.05) is 6.26 Å². The van der Waals surface area contributed by atoms with Gasteiger partial charge in [0, 0.05) is 22.9 Å². The van der Waals surface area contributed by atoms with Crippen LogP contribution in [0, 0.1) is 5.82 Å². The minimum absolute atomic E-state index is 0.229. The van der Waals surface area contributed by atoms with Gasteiger partial charge in [-0.15, -0.1) is 11.8 Å². The number of aryl methyl sites for hydroxylation is 1. The normalized spacial score (nSPS) is 13.5. The van der Waals surface area contributed by atoms with Gasteiger partial charge in [0.2, 0.25) is 0 Å². The Bertz CT molecular complexity index is 831. The Kier molecular flexibility index (Phi) is 6.42. The largest absolute Gasteiger partial charge is 0.488 e. The number of hydrogen-bond acceptors (Lipinski definition) is 4. The number of esters is 1. The molecule has 2 aromatic rings. The summed E-state index contributed by atoms with van der Waals surface area (Å²) in [5.41, 5.74) is 2.63. The Balaban J connectivity index is 1.88. The second-order valence-electron chi connectivity index (χ2n) is 6.66. The van der Waals surface area contributed by atoms with Gasteiger partial charge in [-0.2, -0.15) is 0 Å². The van der Waals surface area contributed by atoms with Gasteiger partial charge in [-0.3, -0.25) is 4.79 Å². The molecule has 0 aromatic heterocycles. The van der Waals surface area contributed by atoms with Crippen molar-refractivity contribution in [3.8, 4) is 11.5 Å². The molecule has 2 aromatic carbocycles. The minimum atomic E-state index is -0.286. The van der Waals surface area contributed by atoms with E-state index in [9.17, 15) is 9.18 Å². The van der Waals surface area contributed by atoms with Gasteiger partial charge in [-0.05, 0) is 60.8 Å². The second kappa shape index (κ2) is 8.79. The number of ether oxygens (including phenoxy) is 2. The van der Waals surface area contributed by atoms with E-state index in [1.165, 1.54) is 6.07 Å². The number of carbonyl (C=O) groups excluding carboxylic acids is 1. The van der Waals surface area contributed by atoms with Crippen molar-refractivity contribution < 1.29 is 18.7 Å². The summed E-state index contributed by atoms with van der Waals surface area (Å²) in [6.07, 6.45) is 5.17. The van der Waals surface area contributed by atoms with Crippen molar-refractivity contribution in [2.24, 2.45) is 0 Å². The molecule has 5 heteroatoms. The van der Waals surface area contributed by atoms with Gasteiger partial charge in [0.1, 0.15) is 23.9 Å². The quantitative estimate of drug-likeness (QED) is 0.321. The van der Waals surface area contributed by atoms with E-state index >= 15 is 0 Å². The van der Waals surface area contributed by atoms with Gasteiger partial charge in [0.25, 0.3) is 0 Å². The first-order valence-electron chi connectivity index (χ1n) is 9.39. The first kappa shape index (κ1) is 19.7. The van der Waals surface area contributed by atoms with Gasteiger partial charge in [0.15, 0.2) is 0 Å². The van der Waals surface area contributed by atoms with E-state index in [4.69, 9.17) is 9.47 Å². The molecule has 1 aliphatic rings. The van der Waals surface area contributed by atoms with Crippen LogP contribution in [0.5, 0.6) is 11.5 Å². The van der Waals surface area contributed by atoms with Crippen molar-refractivity contribution in [2.45, 2.75) is 57.0 Å². The third-order valence-corrected chi connectivity index (χ3v) is 5.59. The number of benzene rings is 2. The van der Waals surface area contributed by atoms with Crippen molar-refractivity contribution in [3.05, 3.63) is 52.8 Å². The topological polar surface area (TPSA) is 35.5 Å². The fourth-order valence-corrected chi connectivity index (χ4v) is 3.67. The lowest BCUT2D eigenvalue weighted by Gasteiger charge is -2.17.